The maximum absolute atomic E-state index is 13.4. The van der Waals surface area contributed by atoms with Gasteiger partial charge >= 0.3 is 0 Å². The summed E-state index contributed by atoms with van der Waals surface area (Å²) in [6, 6.07) is 12.3. The van der Waals surface area contributed by atoms with Gasteiger partial charge in [-0.05, 0) is 36.2 Å². The molecule has 0 saturated carbocycles. The van der Waals surface area contributed by atoms with Crippen LogP contribution in [0.15, 0.2) is 53.7 Å². The van der Waals surface area contributed by atoms with Crippen molar-refractivity contribution in [2.45, 2.75) is 13.5 Å². The Bertz CT molecular complexity index is 1130. The predicted molar refractivity (Wildman–Crippen MR) is 105 cm³/mol. The van der Waals surface area contributed by atoms with Crippen LogP contribution in [0.4, 0.5) is 4.39 Å². The second kappa shape index (κ2) is 6.22. The van der Waals surface area contributed by atoms with Crippen molar-refractivity contribution in [3.63, 3.8) is 0 Å². The maximum atomic E-state index is 13.4. The zero-order valence-electron chi connectivity index (χ0n) is 14.5. The van der Waals surface area contributed by atoms with Crippen LogP contribution < -0.4 is 0 Å². The SMILES string of the molecule is Cc1ccc2c(c1)-c1cn(C)c(=P)cc1CN=C2c1ccc(F)cc1O. The van der Waals surface area contributed by atoms with E-state index in [1.165, 1.54) is 6.07 Å². The van der Waals surface area contributed by atoms with Crippen molar-refractivity contribution >= 4 is 14.6 Å². The number of aryl methyl sites for hydroxylation is 2. The fourth-order valence-corrected chi connectivity index (χ4v) is 3.57. The van der Waals surface area contributed by atoms with E-state index in [0.29, 0.717) is 17.8 Å². The Hall–Kier alpha value is -2.71. The van der Waals surface area contributed by atoms with Crippen LogP contribution in [0, 0.1) is 17.8 Å². The molecule has 0 bridgehead atoms. The minimum Gasteiger partial charge on any atom is -0.507 e. The molecular formula is C21H18FN2OP. The molecule has 3 aromatic rings. The van der Waals surface area contributed by atoms with Gasteiger partial charge in [0.1, 0.15) is 11.6 Å². The highest BCUT2D eigenvalue weighted by molar-refractivity contribution is 7.06. The molecule has 0 radical (unpaired) electrons. The summed E-state index contributed by atoms with van der Waals surface area (Å²) in [6.45, 7) is 2.53. The average molecular weight is 364 g/mol. The van der Waals surface area contributed by atoms with E-state index in [1.807, 2.05) is 23.7 Å². The van der Waals surface area contributed by atoms with Crippen LogP contribution in [0.3, 0.4) is 0 Å². The summed E-state index contributed by atoms with van der Waals surface area (Å²) >= 11 is 0. The first-order chi connectivity index (χ1) is 12.4. The fourth-order valence-electron chi connectivity index (χ4n) is 3.34. The number of nitrogens with zero attached hydrogens (tertiary/aromatic N) is 2. The third-order valence-corrected chi connectivity index (χ3v) is 5.20. The average Bonchev–Trinajstić information content (AvgIpc) is 2.73. The van der Waals surface area contributed by atoms with Gasteiger partial charge in [-0.25, -0.2) is 4.39 Å². The van der Waals surface area contributed by atoms with Crippen LogP contribution in [0.5, 0.6) is 5.75 Å². The highest BCUT2D eigenvalue weighted by Gasteiger charge is 2.21. The highest BCUT2D eigenvalue weighted by Crippen LogP contribution is 2.35. The first-order valence-corrected chi connectivity index (χ1v) is 8.83. The van der Waals surface area contributed by atoms with Crippen LogP contribution in [-0.4, -0.2) is 15.4 Å². The lowest BCUT2D eigenvalue weighted by Crippen LogP contribution is -2.05. The topological polar surface area (TPSA) is 37.5 Å². The fraction of sp³-hybridized carbons (Fsp3) is 0.143. The molecular weight excluding hydrogens is 346 g/mol. The van der Waals surface area contributed by atoms with Gasteiger partial charge in [0.05, 0.1) is 17.3 Å². The van der Waals surface area contributed by atoms with Crippen LogP contribution in [0.1, 0.15) is 22.3 Å². The number of fused-ring (bicyclic) bond motifs is 3. The van der Waals surface area contributed by atoms with Gasteiger partial charge in [0.25, 0.3) is 0 Å². The molecule has 1 aliphatic rings. The molecule has 0 fully saturated rings. The molecule has 26 heavy (non-hydrogen) atoms. The van der Waals surface area contributed by atoms with E-state index in [0.717, 1.165) is 39.0 Å². The molecule has 3 nitrogen and oxygen atoms in total. The molecule has 0 saturated heterocycles. The Kier molecular flexibility index (Phi) is 4.01. The third-order valence-electron chi connectivity index (χ3n) is 4.70. The van der Waals surface area contributed by atoms with Gasteiger partial charge in [-0.15, -0.1) is 0 Å². The quantitative estimate of drug-likeness (QED) is 0.615. The maximum Gasteiger partial charge on any atom is 0.127 e. The number of rotatable bonds is 1. The number of pyridine rings is 1. The summed E-state index contributed by atoms with van der Waals surface area (Å²) in [5, 5.41) is 11.2. The van der Waals surface area contributed by atoms with E-state index in [9.17, 15) is 9.50 Å². The normalized spacial score (nSPS) is 12.8. The van der Waals surface area contributed by atoms with Gasteiger partial charge in [0.2, 0.25) is 0 Å². The van der Waals surface area contributed by atoms with E-state index in [1.54, 1.807) is 6.07 Å². The summed E-state index contributed by atoms with van der Waals surface area (Å²) in [5.74, 6) is -0.573. The molecule has 0 atom stereocenters. The first kappa shape index (κ1) is 16.7. The second-order valence-electron chi connectivity index (χ2n) is 6.58. The zero-order chi connectivity index (χ0) is 18.4. The summed E-state index contributed by atoms with van der Waals surface area (Å²) in [6.07, 6.45) is 2.08. The number of hydrogen-bond acceptors (Lipinski definition) is 2. The van der Waals surface area contributed by atoms with Crippen LogP contribution >= 0.6 is 8.86 Å². The molecule has 5 heteroatoms. The Morgan fingerprint density at radius 3 is 2.58 bits per heavy atom. The van der Waals surface area contributed by atoms with Crippen LogP contribution in [-0.2, 0) is 13.6 Å². The van der Waals surface area contributed by atoms with Crippen molar-refractivity contribution in [2.24, 2.45) is 12.0 Å². The van der Waals surface area contributed by atoms with E-state index in [2.05, 4.69) is 34.1 Å². The largest absolute Gasteiger partial charge is 0.507 e. The minimum atomic E-state index is -0.469. The van der Waals surface area contributed by atoms with E-state index < -0.39 is 5.82 Å². The molecule has 130 valence electrons. The molecule has 2 aromatic carbocycles. The zero-order valence-corrected chi connectivity index (χ0v) is 15.5. The second-order valence-corrected chi connectivity index (χ2v) is 7.10. The molecule has 1 aliphatic heterocycles. The summed E-state index contributed by atoms with van der Waals surface area (Å²) in [7, 11) is 5.60. The Labute approximate surface area is 153 Å². The Morgan fingerprint density at radius 1 is 1.04 bits per heavy atom. The van der Waals surface area contributed by atoms with Crippen molar-refractivity contribution in [3.05, 3.63) is 81.8 Å². The molecule has 0 amide bonds. The van der Waals surface area contributed by atoms with Crippen molar-refractivity contribution in [3.8, 4) is 16.9 Å². The molecule has 1 aromatic heterocycles. The van der Waals surface area contributed by atoms with Gasteiger partial charge < -0.3 is 9.67 Å². The first-order valence-electron chi connectivity index (χ1n) is 8.33. The number of phenolic OH excluding ortho intramolecular Hbond substituents is 1. The lowest BCUT2D eigenvalue weighted by atomic mass is 9.91. The standard InChI is InChI=1S/C21H18FN2OP/c1-12-3-5-15-17(7-12)18-11-24(2)20(26)8-13(18)10-23-21(15)16-6-4-14(22)9-19(16)25/h3-9,11,25-26H,10H2,1-2H3. The Balaban J connectivity index is 2.02. The molecule has 4 rings (SSSR count). The lowest BCUT2D eigenvalue weighted by Gasteiger charge is -2.14. The number of aromatic hydroxyl groups is 1. The van der Waals surface area contributed by atoms with Crippen molar-refractivity contribution in [1.29, 1.82) is 0 Å². The smallest absolute Gasteiger partial charge is 0.127 e. The Morgan fingerprint density at radius 2 is 1.81 bits per heavy atom. The minimum absolute atomic E-state index is 0.104. The molecule has 1 N–H and O–H groups in total. The lowest BCUT2D eigenvalue weighted by molar-refractivity contribution is 0.468. The number of benzene rings is 2. The van der Waals surface area contributed by atoms with Crippen molar-refractivity contribution in [1.82, 2.24) is 4.57 Å². The monoisotopic (exact) mass is 364 g/mol. The van der Waals surface area contributed by atoms with E-state index >= 15 is 0 Å². The molecule has 2 heterocycles. The van der Waals surface area contributed by atoms with E-state index in [4.69, 9.17) is 4.99 Å². The summed E-state index contributed by atoms with van der Waals surface area (Å²) in [4.78, 5) is 4.77. The molecule has 0 spiro atoms. The number of aromatic nitrogens is 1. The summed E-state index contributed by atoms with van der Waals surface area (Å²) in [5.41, 5.74) is 6.54. The van der Waals surface area contributed by atoms with E-state index in [-0.39, 0.29) is 5.75 Å². The molecule has 0 aliphatic carbocycles. The van der Waals surface area contributed by atoms with Gasteiger partial charge in [0.15, 0.2) is 0 Å². The van der Waals surface area contributed by atoms with Gasteiger partial charge in [-0.3, -0.25) is 4.99 Å². The summed E-state index contributed by atoms with van der Waals surface area (Å²) < 4.78 is 15.5. The van der Waals surface area contributed by atoms with Gasteiger partial charge in [-0.1, -0.05) is 32.6 Å². The number of aliphatic imine (C=N–C) groups is 1. The molecule has 0 unspecified atom stereocenters. The van der Waals surface area contributed by atoms with Crippen molar-refractivity contribution < 1.29 is 9.50 Å². The number of phenols is 1. The number of halogens is 1. The van der Waals surface area contributed by atoms with Crippen LogP contribution in [0.2, 0.25) is 0 Å². The van der Waals surface area contributed by atoms with Gasteiger partial charge in [0, 0.05) is 36.0 Å². The number of hydrogen-bond donors (Lipinski definition) is 1. The third kappa shape index (κ3) is 2.77. The highest BCUT2D eigenvalue weighted by atomic mass is 31.0. The van der Waals surface area contributed by atoms with Crippen LogP contribution in [0.25, 0.3) is 11.1 Å². The van der Waals surface area contributed by atoms with Gasteiger partial charge in [-0.2, -0.15) is 0 Å². The predicted octanol–water partition coefficient (Wildman–Crippen LogP) is 4.87. The van der Waals surface area contributed by atoms with Crippen molar-refractivity contribution in [2.75, 3.05) is 0 Å².